The summed E-state index contributed by atoms with van der Waals surface area (Å²) in [5.41, 5.74) is 7.79. The number of ether oxygens (including phenoxy) is 1. The molecular formula is C21H24N6O2. The first kappa shape index (κ1) is 17.9. The first-order chi connectivity index (χ1) is 14.2. The molecule has 0 bridgehead atoms. The minimum Gasteiger partial charge on any atom is -0.493 e. The lowest BCUT2D eigenvalue weighted by Gasteiger charge is -2.32. The second-order valence-electron chi connectivity index (χ2n) is 7.91. The summed E-state index contributed by atoms with van der Waals surface area (Å²) in [5.74, 6) is 2.20. The Bertz CT molecular complexity index is 1040. The van der Waals surface area contributed by atoms with Crippen molar-refractivity contribution in [3.63, 3.8) is 0 Å². The molecule has 3 aromatic rings. The van der Waals surface area contributed by atoms with Crippen LogP contribution in [0, 0.1) is 5.92 Å². The summed E-state index contributed by atoms with van der Waals surface area (Å²) in [6, 6.07) is 5.55. The first-order valence-electron chi connectivity index (χ1n) is 10.2. The lowest BCUT2D eigenvalue weighted by Crippen LogP contribution is -2.36. The van der Waals surface area contributed by atoms with Gasteiger partial charge in [-0.3, -0.25) is 9.78 Å². The Morgan fingerprint density at radius 1 is 1.14 bits per heavy atom. The first-order valence-corrected chi connectivity index (χ1v) is 10.2. The molecule has 1 saturated heterocycles. The largest absolute Gasteiger partial charge is 0.493 e. The standard InChI is InChI=1S/C21H24N6O2/c22-20(28)18-11-16(3-6-23-18)29-13-14-4-8-26(9-5-14)21-19-12-17(15-1-2-15)25-27(19)10-7-24-21/h3,6-7,10-12,14-15H,1-2,4-5,8-9,13H2,(H2,22,28). The molecule has 29 heavy (non-hydrogen) atoms. The van der Waals surface area contributed by atoms with Crippen molar-refractivity contribution in [1.82, 2.24) is 19.6 Å². The minimum atomic E-state index is -0.546. The fourth-order valence-corrected chi connectivity index (χ4v) is 3.91. The van der Waals surface area contributed by atoms with E-state index in [1.807, 2.05) is 16.9 Å². The number of nitrogens with zero attached hydrogens (tertiary/aromatic N) is 5. The van der Waals surface area contributed by atoms with Crippen LogP contribution in [0.3, 0.4) is 0 Å². The van der Waals surface area contributed by atoms with Gasteiger partial charge >= 0.3 is 0 Å². The maximum absolute atomic E-state index is 11.3. The molecule has 1 aliphatic heterocycles. The third-order valence-corrected chi connectivity index (χ3v) is 5.77. The van der Waals surface area contributed by atoms with Gasteiger partial charge in [0.25, 0.3) is 5.91 Å². The molecule has 1 amide bonds. The number of hydrogen-bond acceptors (Lipinski definition) is 6. The summed E-state index contributed by atoms with van der Waals surface area (Å²) < 4.78 is 7.85. The number of nitrogens with two attached hydrogens (primary N) is 1. The zero-order valence-electron chi connectivity index (χ0n) is 16.2. The Kier molecular flexibility index (Phi) is 4.54. The fourth-order valence-electron chi connectivity index (χ4n) is 3.91. The Hall–Kier alpha value is -3.16. The number of primary amides is 1. The monoisotopic (exact) mass is 392 g/mol. The summed E-state index contributed by atoms with van der Waals surface area (Å²) in [4.78, 5) is 22.2. The van der Waals surface area contributed by atoms with E-state index in [9.17, 15) is 4.79 Å². The SMILES string of the molecule is NC(=O)c1cc(OCC2CCN(c3nccn4nc(C5CC5)cc34)CC2)ccn1. The van der Waals surface area contributed by atoms with Crippen molar-refractivity contribution in [2.24, 2.45) is 11.7 Å². The van der Waals surface area contributed by atoms with E-state index < -0.39 is 5.91 Å². The van der Waals surface area contributed by atoms with Crippen molar-refractivity contribution in [3.8, 4) is 5.75 Å². The van der Waals surface area contributed by atoms with Crippen LogP contribution in [0.5, 0.6) is 5.75 Å². The molecule has 0 radical (unpaired) electrons. The Morgan fingerprint density at radius 2 is 1.97 bits per heavy atom. The maximum Gasteiger partial charge on any atom is 0.267 e. The van der Waals surface area contributed by atoms with Gasteiger partial charge in [0.15, 0.2) is 5.82 Å². The number of piperidine rings is 1. The van der Waals surface area contributed by atoms with Crippen LogP contribution in [0.25, 0.3) is 5.52 Å². The van der Waals surface area contributed by atoms with Gasteiger partial charge in [0, 0.05) is 43.7 Å². The fraction of sp³-hybridized carbons (Fsp3) is 0.429. The van der Waals surface area contributed by atoms with Crippen LogP contribution in [0.4, 0.5) is 5.82 Å². The predicted molar refractivity (Wildman–Crippen MR) is 108 cm³/mol. The van der Waals surface area contributed by atoms with E-state index in [1.165, 1.54) is 18.5 Å². The van der Waals surface area contributed by atoms with Crippen LogP contribution in [0.2, 0.25) is 0 Å². The number of anilines is 1. The second kappa shape index (κ2) is 7.35. The number of rotatable bonds is 6. The van der Waals surface area contributed by atoms with Gasteiger partial charge < -0.3 is 15.4 Å². The van der Waals surface area contributed by atoms with Crippen LogP contribution in [0.1, 0.15) is 47.8 Å². The molecule has 0 atom stereocenters. The van der Waals surface area contributed by atoms with Crippen LogP contribution in [0.15, 0.2) is 36.8 Å². The zero-order valence-corrected chi connectivity index (χ0v) is 16.2. The van der Waals surface area contributed by atoms with E-state index in [4.69, 9.17) is 15.6 Å². The second-order valence-corrected chi connectivity index (χ2v) is 7.91. The summed E-state index contributed by atoms with van der Waals surface area (Å²) in [6.07, 6.45) is 9.86. The van der Waals surface area contributed by atoms with E-state index >= 15 is 0 Å². The number of amides is 1. The molecule has 150 valence electrons. The van der Waals surface area contributed by atoms with Gasteiger partial charge in [0.05, 0.1) is 12.3 Å². The lowest BCUT2D eigenvalue weighted by atomic mass is 9.98. The summed E-state index contributed by atoms with van der Waals surface area (Å²) in [7, 11) is 0. The molecule has 2 N–H and O–H groups in total. The van der Waals surface area contributed by atoms with Gasteiger partial charge in [-0.05, 0) is 43.7 Å². The molecule has 1 aliphatic carbocycles. The molecule has 4 heterocycles. The van der Waals surface area contributed by atoms with Gasteiger partial charge in [-0.1, -0.05) is 0 Å². The summed E-state index contributed by atoms with van der Waals surface area (Å²) in [5, 5.41) is 4.72. The molecule has 2 fully saturated rings. The van der Waals surface area contributed by atoms with E-state index in [0.717, 1.165) is 37.3 Å². The van der Waals surface area contributed by atoms with Gasteiger partial charge in [-0.2, -0.15) is 5.10 Å². The molecular weight excluding hydrogens is 368 g/mol. The highest BCUT2D eigenvalue weighted by molar-refractivity contribution is 5.91. The molecule has 8 nitrogen and oxygen atoms in total. The minimum absolute atomic E-state index is 0.225. The Labute approximate surface area is 168 Å². The molecule has 0 unspecified atom stereocenters. The highest BCUT2D eigenvalue weighted by Gasteiger charge is 2.28. The van der Waals surface area contributed by atoms with Crippen molar-refractivity contribution in [2.45, 2.75) is 31.6 Å². The van der Waals surface area contributed by atoms with Gasteiger partial charge in [-0.15, -0.1) is 0 Å². The Morgan fingerprint density at radius 3 is 2.72 bits per heavy atom. The lowest BCUT2D eigenvalue weighted by molar-refractivity contribution is 0.0995. The quantitative estimate of drug-likeness (QED) is 0.692. The maximum atomic E-state index is 11.3. The van der Waals surface area contributed by atoms with Crippen molar-refractivity contribution in [2.75, 3.05) is 24.6 Å². The molecule has 0 spiro atoms. The molecule has 1 saturated carbocycles. The summed E-state index contributed by atoms with van der Waals surface area (Å²) >= 11 is 0. The number of aromatic nitrogens is 4. The number of fused-ring (bicyclic) bond motifs is 1. The smallest absolute Gasteiger partial charge is 0.267 e. The van der Waals surface area contributed by atoms with Gasteiger partial charge in [-0.25, -0.2) is 9.50 Å². The molecule has 8 heteroatoms. The van der Waals surface area contributed by atoms with Crippen molar-refractivity contribution < 1.29 is 9.53 Å². The number of pyridine rings is 1. The van der Waals surface area contributed by atoms with Crippen molar-refractivity contribution in [1.29, 1.82) is 0 Å². The van der Waals surface area contributed by atoms with Crippen molar-refractivity contribution >= 4 is 17.2 Å². The normalized spacial score (nSPS) is 17.6. The highest BCUT2D eigenvalue weighted by atomic mass is 16.5. The summed E-state index contributed by atoms with van der Waals surface area (Å²) in [6.45, 7) is 2.49. The predicted octanol–water partition coefficient (Wildman–Crippen LogP) is 2.40. The highest BCUT2D eigenvalue weighted by Crippen LogP contribution is 2.40. The Balaban J connectivity index is 1.21. The number of hydrogen-bond donors (Lipinski definition) is 1. The van der Waals surface area contributed by atoms with Crippen LogP contribution >= 0.6 is 0 Å². The van der Waals surface area contributed by atoms with Crippen LogP contribution in [-0.2, 0) is 0 Å². The zero-order chi connectivity index (χ0) is 19.8. The molecule has 0 aromatic carbocycles. The van der Waals surface area contributed by atoms with E-state index in [1.54, 1.807) is 18.3 Å². The average Bonchev–Trinajstić information content (AvgIpc) is 3.51. The molecule has 2 aliphatic rings. The van der Waals surface area contributed by atoms with Crippen LogP contribution in [-0.4, -0.2) is 45.2 Å². The third kappa shape index (κ3) is 3.74. The number of carbonyl (C=O) groups excluding carboxylic acids is 1. The molecule has 3 aromatic heterocycles. The average molecular weight is 392 g/mol. The van der Waals surface area contributed by atoms with E-state index in [0.29, 0.717) is 24.2 Å². The third-order valence-electron chi connectivity index (χ3n) is 5.77. The van der Waals surface area contributed by atoms with E-state index in [-0.39, 0.29) is 5.69 Å². The topological polar surface area (TPSA) is 98.6 Å². The molecule has 5 rings (SSSR count). The van der Waals surface area contributed by atoms with Crippen LogP contribution < -0.4 is 15.4 Å². The van der Waals surface area contributed by atoms with Gasteiger partial charge in [0.2, 0.25) is 0 Å². The number of carbonyl (C=O) groups is 1. The van der Waals surface area contributed by atoms with Gasteiger partial charge in [0.1, 0.15) is 17.0 Å². The van der Waals surface area contributed by atoms with Crippen molar-refractivity contribution in [3.05, 3.63) is 48.2 Å². The van der Waals surface area contributed by atoms with E-state index in [2.05, 4.69) is 20.9 Å².